The summed E-state index contributed by atoms with van der Waals surface area (Å²) >= 11 is 0. The lowest BCUT2D eigenvalue weighted by Crippen LogP contribution is -2.34. The van der Waals surface area contributed by atoms with Crippen LogP contribution in [0.5, 0.6) is 0 Å². The van der Waals surface area contributed by atoms with Crippen LogP contribution < -0.4 is 5.73 Å². The average Bonchev–Trinajstić information content (AvgIpc) is 2.04. The summed E-state index contributed by atoms with van der Waals surface area (Å²) in [5, 5.41) is 0. The third kappa shape index (κ3) is 4.06. The highest BCUT2D eigenvalue weighted by atomic mass is 15.1. The summed E-state index contributed by atoms with van der Waals surface area (Å²) in [6.07, 6.45) is 0.957. The van der Waals surface area contributed by atoms with Crippen LogP contribution in [-0.2, 0) is 6.42 Å². The second kappa shape index (κ2) is 5.00. The van der Waals surface area contributed by atoms with Crippen LogP contribution in [0.2, 0.25) is 0 Å². The van der Waals surface area contributed by atoms with E-state index in [1.807, 2.05) is 20.2 Å². The van der Waals surface area contributed by atoms with Crippen LogP contribution in [0.25, 0.3) is 0 Å². The molecule has 1 atom stereocenters. The third-order valence-corrected chi connectivity index (χ3v) is 1.94. The second-order valence-corrected chi connectivity index (χ2v) is 3.71. The molecule has 0 bridgehead atoms. The van der Waals surface area contributed by atoms with Crippen LogP contribution in [0.4, 0.5) is 0 Å². The van der Waals surface area contributed by atoms with E-state index in [0.29, 0.717) is 0 Å². The predicted octanol–water partition coefficient (Wildman–Crippen LogP) is 1.12. The Morgan fingerprint density at radius 2 is 1.85 bits per heavy atom. The standard InChI is InChI=1S/C11H18N2/c1-13(2)9-11(12)8-10-6-4-3-5-7-10/h3-7,11H,8-9,12H2,1-2H3. The van der Waals surface area contributed by atoms with Gasteiger partial charge in [-0.05, 0) is 26.1 Å². The van der Waals surface area contributed by atoms with Gasteiger partial charge in [0.1, 0.15) is 0 Å². The average molecular weight is 178 g/mol. The Balaban J connectivity index is 2.41. The number of nitrogens with two attached hydrogens (primary N) is 1. The zero-order valence-electron chi connectivity index (χ0n) is 8.40. The number of likely N-dealkylation sites (N-methyl/N-ethyl adjacent to an activating group) is 1. The van der Waals surface area contributed by atoms with Crippen LogP contribution in [0.15, 0.2) is 30.3 Å². The van der Waals surface area contributed by atoms with E-state index < -0.39 is 0 Å². The molecular weight excluding hydrogens is 160 g/mol. The van der Waals surface area contributed by atoms with Gasteiger partial charge in [-0.3, -0.25) is 0 Å². The fraction of sp³-hybridized carbons (Fsp3) is 0.455. The molecule has 2 heteroatoms. The molecule has 0 amide bonds. The molecule has 0 radical (unpaired) electrons. The first-order valence-corrected chi connectivity index (χ1v) is 4.62. The maximum atomic E-state index is 5.96. The van der Waals surface area contributed by atoms with Crippen LogP contribution >= 0.6 is 0 Å². The van der Waals surface area contributed by atoms with E-state index >= 15 is 0 Å². The van der Waals surface area contributed by atoms with E-state index in [-0.39, 0.29) is 6.04 Å². The van der Waals surface area contributed by atoms with Gasteiger partial charge in [0.2, 0.25) is 0 Å². The summed E-state index contributed by atoms with van der Waals surface area (Å²) in [6, 6.07) is 10.6. The first-order valence-electron chi connectivity index (χ1n) is 4.62. The molecule has 0 aromatic heterocycles. The molecular formula is C11H18N2. The van der Waals surface area contributed by atoms with Crippen LogP contribution in [0, 0.1) is 0 Å². The molecule has 1 rings (SSSR count). The number of hydrogen-bond donors (Lipinski definition) is 1. The van der Waals surface area contributed by atoms with Crippen molar-refractivity contribution in [1.82, 2.24) is 4.90 Å². The summed E-state index contributed by atoms with van der Waals surface area (Å²) < 4.78 is 0. The molecule has 0 aliphatic rings. The maximum Gasteiger partial charge on any atom is 0.0208 e. The maximum absolute atomic E-state index is 5.96. The van der Waals surface area contributed by atoms with Crippen molar-refractivity contribution in [3.8, 4) is 0 Å². The number of rotatable bonds is 4. The van der Waals surface area contributed by atoms with Gasteiger partial charge in [-0.1, -0.05) is 30.3 Å². The molecule has 13 heavy (non-hydrogen) atoms. The zero-order chi connectivity index (χ0) is 9.68. The van der Waals surface area contributed by atoms with Crippen molar-refractivity contribution in [2.45, 2.75) is 12.5 Å². The Bertz CT molecular complexity index is 231. The summed E-state index contributed by atoms with van der Waals surface area (Å²) in [5.41, 5.74) is 7.28. The largest absolute Gasteiger partial charge is 0.326 e. The molecule has 0 aliphatic heterocycles. The fourth-order valence-corrected chi connectivity index (χ4v) is 1.45. The van der Waals surface area contributed by atoms with Gasteiger partial charge < -0.3 is 10.6 Å². The van der Waals surface area contributed by atoms with Gasteiger partial charge in [-0.25, -0.2) is 0 Å². The van der Waals surface area contributed by atoms with E-state index in [0.717, 1.165) is 13.0 Å². The lowest BCUT2D eigenvalue weighted by Gasteiger charge is -2.16. The topological polar surface area (TPSA) is 29.3 Å². The van der Waals surface area contributed by atoms with E-state index in [9.17, 15) is 0 Å². The van der Waals surface area contributed by atoms with Crippen LogP contribution in [0.1, 0.15) is 5.56 Å². The summed E-state index contributed by atoms with van der Waals surface area (Å²) in [6.45, 7) is 0.939. The molecule has 1 aromatic carbocycles. The Morgan fingerprint density at radius 1 is 1.23 bits per heavy atom. The minimum atomic E-state index is 0.234. The second-order valence-electron chi connectivity index (χ2n) is 3.71. The van der Waals surface area contributed by atoms with Gasteiger partial charge in [0.15, 0.2) is 0 Å². The highest BCUT2D eigenvalue weighted by Crippen LogP contribution is 2.01. The molecule has 0 aliphatic carbocycles. The minimum Gasteiger partial charge on any atom is -0.326 e. The van der Waals surface area contributed by atoms with Gasteiger partial charge in [0, 0.05) is 12.6 Å². The van der Waals surface area contributed by atoms with E-state index in [4.69, 9.17) is 5.73 Å². The molecule has 0 fully saturated rings. The van der Waals surface area contributed by atoms with Gasteiger partial charge in [-0.15, -0.1) is 0 Å². The van der Waals surface area contributed by atoms with Crippen molar-refractivity contribution < 1.29 is 0 Å². The SMILES string of the molecule is CN(C)CC(N)Cc1ccccc1. The third-order valence-electron chi connectivity index (χ3n) is 1.94. The fourth-order valence-electron chi connectivity index (χ4n) is 1.45. The van der Waals surface area contributed by atoms with Crippen molar-refractivity contribution in [2.24, 2.45) is 5.73 Å². The van der Waals surface area contributed by atoms with Crippen molar-refractivity contribution in [2.75, 3.05) is 20.6 Å². The Morgan fingerprint density at radius 3 is 2.38 bits per heavy atom. The quantitative estimate of drug-likeness (QED) is 0.748. The number of benzene rings is 1. The van der Waals surface area contributed by atoms with Gasteiger partial charge in [0.05, 0.1) is 0 Å². The van der Waals surface area contributed by atoms with Crippen LogP contribution in [0.3, 0.4) is 0 Å². The molecule has 0 heterocycles. The Hall–Kier alpha value is -0.860. The van der Waals surface area contributed by atoms with E-state index in [1.54, 1.807) is 0 Å². The van der Waals surface area contributed by atoms with Crippen molar-refractivity contribution >= 4 is 0 Å². The summed E-state index contributed by atoms with van der Waals surface area (Å²) in [5.74, 6) is 0. The molecule has 72 valence electrons. The minimum absolute atomic E-state index is 0.234. The van der Waals surface area contributed by atoms with Crippen molar-refractivity contribution in [3.05, 3.63) is 35.9 Å². The lowest BCUT2D eigenvalue weighted by molar-refractivity contribution is 0.371. The van der Waals surface area contributed by atoms with Gasteiger partial charge in [0.25, 0.3) is 0 Å². The molecule has 1 unspecified atom stereocenters. The van der Waals surface area contributed by atoms with Gasteiger partial charge >= 0.3 is 0 Å². The molecule has 0 saturated carbocycles. The first kappa shape index (κ1) is 10.2. The zero-order valence-corrected chi connectivity index (χ0v) is 8.40. The summed E-state index contributed by atoms with van der Waals surface area (Å²) in [7, 11) is 4.09. The molecule has 0 spiro atoms. The van der Waals surface area contributed by atoms with Crippen molar-refractivity contribution in [1.29, 1.82) is 0 Å². The van der Waals surface area contributed by atoms with E-state index in [1.165, 1.54) is 5.56 Å². The molecule has 2 N–H and O–H groups in total. The Kier molecular flexibility index (Phi) is 3.93. The molecule has 2 nitrogen and oxygen atoms in total. The highest BCUT2D eigenvalue weighted by Gasteiger charge is 2.04. The van der Waals surface area contributed by atoms with Crippen molar-refractivity contribution in [3.63, 3.8) is 0 Å². The van der Waals surface area contributed by atoms with Gasteiger partial charge in [-0.2, -0.15) is 0 Å². The van der Waals surface area contributed by atoms with E-state index in [2.05, 4.69) is 29.2 Å². The summed E-state index contributed by atoms with van der Waals surface area (Å²) in [4.78, 5) is 2.12. The first-order chi connectivity index (χ1) is 6.18. The normalized spacial score (nSPS) is 13.2. The number of nitrogens with zero attached hydrogens (tertiary/aromatic N) is 1. The Labute approximate surface area is 80.4 Å². The predicted molar refractivity (Wildman–Crippen MR) is 56.7 cm³/mol. The highest BCUT2D eigenvalue weighted by molar-refractivity contribution is 5.15. The lowest BCUT2D eigenvalue weighted by atomic mass is 10.1. The monoisotopic (exact) mass is 178 g/mol. The molecule has 1 aromatic rings. The smallest absolute Gasteiger partial charge is 0.0208 e. The molecule has 0 saturated heterocycles. The number of hydrogen-bond acceptors (Lipinski definition) is 2. The van der Waals surface area contributed by atoms with Crippen LogP contribution in [-0.4, -0.2) is 31.6 Å².